The largest absolute Gasteiger partial charge is 0.299 e. The van der Waals surface area contributed by atoms with Gasteiger partial charge in [-0.2, -0.15) is 0 Å². The molecule has 1 aromatic rings. The number of hydrogen-bond donors (Lipinski definition) is 0. The average molecular weight is 244 g/mol. The fourth-order valence-electron chi connectivity index (χ4n) is 1.23. The van der Waals surface area contributed by atoms with Gasteiger partial charge in [-0.25, -0.2) is 12.8 Å². The topological polar surface area (TPSA) is 51.2 Å². The molecule has 3 nitrogen and oxygen atoms in total. The summed E-state index contributed by atoms with van der Waals surface area (Å²) in [5.74, 6) is -0.0550. The summed E-state index contributed by atoms with van der Waals surface area (Å²) in [6.07, 6.45) is 0.157. The normalized spacial score (nSPS) is 15.4. The lowest BCUT2D eigenvalue weighted by atomic mass is 10.00. The maximum atomic E-state index is 13.7. The Morgan fingerprint density at radius 1 is 1.44 bits per heavy atom. The van der Waals surface area contributed by atoms with Gasteiger partial charge in [0.2, 0.25) is 0 Å². The second-order valence-corrected chi connectivity index (χ2v) is 5.90. The van der Waals surface area contributed by atoms with Crippen LogP contribution >= 0.6 is 0 Å². The molecule has 1 atom stereocenters. The summed E-state index contributed by atoms with van der Waals surface area (Å²) in [5.41, 5.74) is -2.10. The molecule has 1 aromatic carbocycles. The number of alkyl halides is 1. The van der Waals surface area contributed by atoms with Crippen LogP contribution in [-0.4, -0.2) is 20.5 Å². The molecule has 16 heavy (non-hydrogen) atoms. The van der Waals surface area contributed by atoms with Crippen LogP contribution in [0.3, 0.4) is 0 Å². The van der Waals surface area contributed by atoms with Gasteiger partial charge in [0.15, 0.2) is 21.8 Å². The zero-order valence-electron chi connectivity index (χ0n) is 9.10. The second-order valence-electron chi connectivity index (χ2n) is 3.62. The molecule has 0 bridgehead atoms. The minimum atomic E-state index is -3.37. The molecule has 0 heterocycles. The monoisotopic (exact) mass is 244 g/mol. The van der Waals surface area contributed by atoms with Crippen molar-refractivity contribution in [3.63, 3.8) is 0 Å². The van der Waals surface area contributed by atoms with E-state index in [2.05, 4.69) is 0 Å². The van der Waals surface area contributed by atoms with Crippen LogP contribution < -0.4 is 0 Å². The molecule has 1 unspecified atom stereocenters. The van der Waals surface area contributed by atoms with Crippen molar-refractivity contribution in [2.24, 2.45) is 0 Å². The van der Waals surface area contributed by atoms with E-state index < -0.39 is 15.5 Å². The van der Waals surface area contributed by atoms with E-state index in [-0.39, 0.29) is 22.5 Å². The Hall–Kier alpha value is -1.23. The third-order valence-electron chi connectivity index (χ3n) is 2.36. The first-order chi connectivity index (χ1) is 7.33. The Morgan fingerprint density at radius 3 is 2.56 bits per heavy atom. The van der Waals surface area contributed by atoms with Crippen molar-refractivity contribution >= 4 is 16.1 Å². The van der Waals surface area contributed by atoms with Crippen LogP contribution in [0.4, 0.5) is 4.39 Å². The average Bonchev–Trinajstić information content (AvgIpc) is 2.29. The number of sulfone groups is 1. The summed E-state index contributed by atoms with van der Waals surface area (Å²) in [4.78, 5) is 10.6. The fraction of sp³-hybridized carbons (Fsp3) is 0.364. The van der Waals surface area contributed by atoms with Gasteiger partial charge in [0, 0.05) is 0 Å². The number of carbonyl (C=O) groups excluding carboxylic acids is 1. The summed E-state index contributed by atoms with van der Waals surface area (Å²) < 4.78 is 36.8. The molecule has 0 N–H and O–H groups in total. The minimum Gasteiger partial charge on any atom is -0.299 e. The highest BCUT2D eigenvalue weighted by Crippen LogP contribution is 2.25. The van der Waals surface area contributed by atoms with Crippen molar-refractivity contribution in [1.82, 2.24) is 0 Å². The zero-order valence-corrected chi connectivity index (χ0v) is 9.92. The highest BCUT2D eigenvalue weighted by molar-refractivity contribution is 7.91. The van der Waals surface area contributed by atoms with E-state index in [0.29, 0.717) is 0 Å². The highest BCUT2D eigenvalue weighted by atomic mass is 32.2. The minimum absolute atomic E-state index is 0.0400. The highest BCUT2D eigenvalue weighted by Gasteiger charge is 2.26. The van der Waals surface area contributed by atoms with Crippen molar-refractivity contribution in [1.29, 1.82) is 0 Å². The molecule has 0 saturated carbocycles. The second kappa shape index (κ2) is 4.33. The van der Waals surface area contributed by atoms with E-state index in [4.69, 9.17) is 0 Å². The van der Waals surface area contributed by atoms with E-state index in [1.807, 2.05) is 0 Å². The maximum Gasteiger partial charge on any atom is 0.188 e. The first-order valence-corrected chi connectivity index (χ1v) is 6.47. The first-order valence-electron chi connectivity index (χ1n) is 4.82. The number of aldehydes is 1. The van der Waals surface area contributed by atoms with Crippen molar-refractivity contribution in [3.05, 3.63) is 29.8 Å². The van der Waals surface area contributed by atoms with Crippen LogP contribution in [-0.2, 0) is 20.3 Å². The molecular formula is C11H13FO3S. The van der Waals surface area contributed by atoms with Crippen molar-refractivity contribution in [2.45, 2.75) is 24.4 Å². The lowest BCUT2D eigenvalue weighted by molar-refractivity contribution is -0.117. The van der Waals surface area contributed by atoms with Gasteiger partial charge in [-0.15, -0.1) is 0 Å². The number of benzene rings is 1. The smallest absolute Gasteiger partial charge is 0.188 e. The van der Waals surface area contributed by atoms with Crippen molar-refractivity contribution < 1.29 is 17.6 Å². The van der Waals surface area contributed by atoms with E-state index in [9.17, 15) is 17.6 Å². The van der Waals surface area contributed by atoms with Gasteiger partial charge in [0.1, 0.15) is 0 Å². The quantitative estimate of drug-likeness (QED) is 0.760. The number of rotatable bonds is 4. The SMILES string of the molecule is CCS(=O)(=O)c1cccc(C(C)(F)C=O)c1. The van der Waals surface area contributed by atoms with Crippen LogP contribution in [0.25, 0.3) is 0 Å². The first kappa shape index (κ1) is 12.8. The van der Waals surface area contributed by atoms with E-state index in [0.717, 1.165) is 6.92 Å². The molecule has 0 aliphatic heterocycles. The molecule has 0 spiro atoms. The van der Waals surface area contributed by atoms with Gasteiger partial charge in [-0.3, -0.25) is 4.79 Å². The van der Waals surface area contributed by atoms with Gasteiger partial charge in [0.25, 0.3) is 0 Å². The summed E-state index contributed by atoms with van der Waals surface area (Å²) in [5, 5.41) is 0. The molecule has 0 aromatic heterocycles. The molecule has 0 saturated heterocycles. The maximum absolute atomic E-state index is 13.7. The molecule has 0 amide bonds. The number of carbonyl (C=O) groups is 1. The molecule has 88 valence electrons. The Kier molecular flexibility index (Phi) is 3.48. The predicted octanol–water partition coefficient (Wildman–Crippen LogP) is 1.86. The van der Waals surface area contributed by atoms with E-state index >= 15 is 0 Å². The van der Waals surface area contributed by atoms with Gasteiger partial charge < -0.3 is 0 Å². The Balaban J connectivity index is 3.30. The molecule has 0 aliphatic rings. The summed E-state index contributed by atoms with van der Waals surface area (Å²) in [7, 11) is -3.37. The van der Waals surface area contributed by atoms with E-state index in [1.165, 1.54) is 31.2 Å². The number of hydrogen-bond acceptors (Lipinski definition) is 3. The van der Waals surface area contributed by atoms with Gasteiger partial charge in [-0.1, -0.05) is 19.1 Å². The lowest BCUT2D eigenvalue weighted by Gasteiger charge is -2.14. The summed E-state index contributed by atoms with van der Waals surface area (Å²) >= 11 is 0. The third-order valence-corrected chi connectivity index (χ3v) is 4.09. The third kappa shape index (κ3) is 2.47. The van der Waals surface area contributed by atoms with Gasteiger partial charge in [-0.05, 0) is 24.6 Å². The Labute approximate surface area is 94.2 Å². The molecule has 0 fully saturated rings. The van der Waals surface area contributed by atoms with E-state index in [1.54, 1.807) is 0 Å². The van der Waals surface area contributed by atoms with Crippen molar-refractivity contribution in [2.75, 3.05) is 5.75 Å². The van der Waals surface area contributed by atoms with Crippen molar-refractivity contribution in [3.8, 4) is 0 Å². The van der Waals surface area contributed by atoms with Gasteiger partial charge in [0.05, 0.1) is 10.6 Å². The Morgan fingerprint density at radius 2 is 2.06 bits per heavy atom. The predicted molar refractivity (Wildman–Crippen MR) is 58.7 cm³/mol. The molecule has 5 heteroatoms. The molecule has 0 aliphatic carbocycles. The van der Waals surface area contributed by atoms with Crippen LogP contribution in [0.2, 0.25) is 0 Å². The lowest BCUT2D eigenvalue weighted by Crippen LogP contribution is -2.17. The number of halogens is 1. The fourth-order valence-corrected chi connectivity index (χ4v) is 2.15. The zero-order chi connectivity index (χ0) is 12.4. The Bertz CT molecular complexity index is 492. The molecular weight excluding hydrogens is 231 g/mol. The van der Waals surface area contributed by atoms with Crippen LogP contribution in [0, 0.1) is 0 Å². The summed E-state index contributed by atoms with van der Waals surface area (Å²) in [6, 6.07) is 5.42. The van der Waals surface area contributed by atoms with Crippen LogP contribution in [0.1, 0.15) is 19.4 Å². The summed E-state index contributed by atoms with van der Waals surface area (Å²) in [6.45, 7) is 2.61. The van der Waals surface area contributed by atoms with Crippen LogP contribution in [0.15, 0.2) is 29.2 Å². The van der Waals surface area contributed by atoms with Crippen LogP contribution in [0.5, 0.6) is 0 Å². The molecule has 0 radical (unpaired) electrons. The standard InChI is InChI=1S/C11H13FO3S/c1-3-16(14,15)10-6-4-5-9(7-10)11(2,12)8-13/h4-8H,3H2,1-2H3. The van der Waals surface area contributed by atoms with Gasteiger partial charge >= 0.3 is 0 Å². The molecule has 1 rings (SSSR count).